The number of benzene rings is 1. The fourth-order valence-corrected chi connectivity index (χ4v) is 4.30. The summed E-state index contributed by atoms with van der Waals surface area (Å²) >= 11 is 4.68. The van der Waals surface area contributed by atoms with E-state index in [4.69, 9.17) is 0 Å². The van der Waals surface area contributed by atoms with Crippen LogP contribution in [0.1, 0.15) is 39.2 Å². The van der Waals surface area contributed by atoms with Crippen molar-refractivity contribution in [3.05, 3.63) is 41.5 Å². The average Bonchev–Trinajstić information content (AvgIpc) is 2.71. The molecule has 100 valence electrons. The molecule has 2 fully saturated rings. The van der Waals surface area contributed by atoms with E-state index in [2.05, 4.69) is 33.4 Å². The van der Waals surface area contributed by atoms with Gasteiger partial charge < -0.3 is 0 Å². The van der Waals surface area contributed by atoms with Crippen LogP contribution in [0.25, 0.3) is 4.91 Å². The van der Waals surface area contributed by atoms with Gasteiger partial charge in [-0.05, 0) is 29.7 Å². The van der Waals surface area contributed by atoms with Crippen LogP contribution in [0.3, 0.4) is 0 Å². The highest BCUT2D eigenvalue weighted by Gasteiger charge is 2.64. The highest BCUT2D eigenvalue weighted by Crippen LogP contribution is 2.66. The Morgan fingerprint density at radius 3 is 2.37 bits per heavy atom. The zero-order valence-electron chi connectivity index (χ0n) is 11.7. The second-order valence-electron chi connectivity index (χ2n) is 6.60. The lowest BCUT2D eigenvalue weighted by Gasteiger charge is -2.31. The topological polar surface area (TPSA) is 17.1 Å². The molecular formula is C17H20OS. The van der Waals surface area contributed by atoms with Crippen LogP contribution in [0.4, 0.5) is 0 Å². The summed E-state index contributed by atoms with van der Waals surface area (Å²) in [5.41, 5.74) is 1.88. The molecule has 2 atom stereocenters. The number of hydrogen-bond donors (Lipinski definition) is 1. The number of allylic oxidation sites excluding steroid dienone is 1. The van der Waals surface area contributed by atoms with E-state index in [0.717, 1.165) is 28.9 Å². The first-order chi connectivity index (χ1) is 8.89. The zero-order valence-corrected chi connectivity index (χ0v) is 12.6. The lowest BCUT2D eigenvalue weighted by molar-refractivity contribution is -0.125. The Morgan fingerprint density at radius 1 is 1.21 bits per heavy atom. The molecule has 0 aromatic heterocycles. The third-order valence-corrected chi connectivity index (χ3v) is 6.12. The Bertz CT molecular complexity index is 570. The number of hydrogen-bond acceptors (Lipinski definition) is 2. The molecule has 2 aliphatic carbocycles. The molecule has 0 spiro atoms. The number of ketones is 1. The van der Waals surface area contributed by atoms with Gasteiger partial charge in [-0.1, -0.05) is 51.1 Å². The van der Waals surface area contributed by atoms with Crippen molar-refractivity contribution in [3.63, 3.8) is 0 Å². The van der Waals surface area contributed by atoms with Gasteiger partial charge in [0.25, 0.3) is 0 Å². The third-order valence-electron chi connectivity index (χ3n) is 5.62. The van der Waals surface area contributed by atoms with E-state index in [1.165, 1.54) is 0 Å². The molecule has 2 heteroatoms. The molecule has 0 saturated heterocycles. The Hall–Kier alpha value is -1.02. The first-order valence-corrected chi connectivity index (χ1v) is 7.37. The van der Waals surface area contributed by atoms with E-state index in [9.17, 15) is 4.79 Å². The normalized spacial score (nSPS) is 34.7. The molecule has 0 heterocycles. The second-order valence-corrected chi connectivity index (χ2v) is 7.05. The van der Waals surface area contributed by atoms with Crippen LogP contribution < -0.4 is 0 Å². The lowest BCUT2D eigenvalue weighted by atomic mass is 9.70. The average molecular weight is 272 g/mol. The molecule has 1 nitrogen and oxygen atoms in total. The van der Waals surface area contributed by atoms with E-state index < -0.39 is 0 Å². The SMILES string of the molecule is CC12CCC(C(=C(S)c3ccccc3)C1=O)C2(C)C. The third kappa shape index (κ3) is 1.53. The van der Waals surface area contributed by atoms with E-state index in [1.807, 2.05) is 30.3 Å². The minimum atomic E-state index is -0.199. The summed E-state index contributed by atoms with van der Waals surface area (Å²) in [4.78, 5) is 13.7. The number of fused-ring (bicyclic) bond motifs is 2. The Morgan fingerprint density at radius 2 is 1.84 bits per heavy atom. The summed E-state index contributed by atoms with van der Waals surface area (Å²) in [7, 11) is 0. The molecule has 2 unspecified atom stereocenters. The number of thiol groups is 1. The van der Waals surface area contributed by atoms with Crippen molar-refractivity contribution in [1.82, 2.24) is 0 Å². The molecule has 1 aromatic rings. The van der Waals surface area contributed by atoms with Crippen molar-refractivity contribution in [1.29, 1.82) is 0 Å². The molecule has 2 bridgehead atoms. The molecule has 3 rings (SSSR count). The van der Waals surface area contributed by atoms with Crippen LogP contribution in [-0.4, -0.2) is 5.78 Å². The van der Waals surface area contributed by atoms with E-state index in [-0.39, 0.29) is 10.8 Å². The molecule has 1 aromatic carbocycles. The van der Waals surface area contributed by atoms with E-state index >= 15 is 0 Å². The molecule has 19 heavy (non-hydrogen) atoms. The predicted molar refractivity (Wildman–Crippen MR) is 82.0 cm³/mol. The van der Waals surface area contributed by atoms with Gasteiger partial charge in [-0.25, -0.2) is 0 Å². The Labute approximate surface area is 120 Å². The number of carbonyl (C=O) groups is 1. The van der Waals surface area contributed by atoms with Gasteiger partial charge in [-0.2, -0.15) is 0 Å². The molecule has 0 N–H and O–H groups in total. The van der Waals surface area contributed by atoms with Crippen molar-refractivity contribution < 1.29 is 4.79 Å². The molecule has 0 aliphatic heterocycles. The zero-order chi connectivity index (χ0) is 13.8. The van der Waals surface area contributed by atoms with Gasteiger partial charge in [-0.15, -0.1) is 12.6 Å². The van der Waals surface area contributed by atoms with Crippen molar-refractivity contribution in [2.45, 2.75) is 33.6 Å². The quantitative estimate of drug-likeness (QED) is 0.594. The summed E-state index contributed by atoms with van der Waals surface area (Å²) in [5, 5.41) is 0. The summed E-state index contributed by atoms with van der Waals surface area (Å²) < 4.78 is 0. The smallest absolute Gasteiger partial charge is 0.166 e. The maximum absolute atomic E-state index is 12.8. The first-order valence-electron chi connectivity index (χ1n) is 6.93. The van der Waals surface area contributed by atoms with Gasteiger partial charge >= 0.3 is 0 Å². The van der Waals surface area contributed by atoms with Crippen molar-refractivity contribution >= 4 is 23.3 Å². The summed E-state index contributed by atoms with van der Waals surface area (Å²) in [5.74, 6) is 0.681. The van der Waals surface area contributed by atoms with E-state index in [1.54, 1.807) is 0 Å². The number of Topliss-reactive ketones (excluding diaryl/α,β-unsaturated/α-hetero) is 1. The van der Waals surface area contributed by atoms with Gasteiger partial charge in [0, 0.05) is 15.9 Å². The summed E-state index contributed by atoms with van der Waals surface area (Å²) in [6.07, 6.45) is 2.13. The van der Waals surface area contributed by atoms with Gasteiger partial charge in [0.05, 0.1) is 0 Å². The fourth-order valence-electron chi connectivity index (χ4n) is 3.89. The van der Waals surface area contributed by atoms with Crippen LogP contribution in [0.2, 0.25) is 0 Å². The second kappa shape index (κ2) is 3.99. The summed E-state index contributed by atoms with van der Waals surface area (Å²) in [6, 6.07) is 10.0. The highest BCUT2D eigenvalue weighted by atomic mass is 32.1. The number of rotatable bonds is 1. The molecule has 0 amide bonds. The van der Waals surface area contributed by atoms with Crippen LogP contribution in [0, 0.1) is 16.7 Å². The van der Waals surface area contributed by atoms with Gasteiger partial charge in [0.15, 0.2) is 5.78 Å². The van der Waals surface area contributed by atoms with Crippen LogP contribution in [0.5, 0.6) is 0 Å². The Kier molecular flexibility index (Phi) is 2.72. The van der Waals surface area contributed by atoms with Gasteiger partial charge in [0.1, 0.15) is 0 Å². The lowest BCUT2D eigenvalue weighted by Crippen LogP contribution is -2.32. The first kappa shape index (κ1) is 13.0. The van der Waals surface area contributed by atoms with Gasteiger partial charge in [0.2, 0.25) is 0 Å². The maximum atomic E-state index is 12.8. The largest absolute Gasteiger partial charge is 0.294 e. The molecule has 2 aliphatic rings. The van der Waals surface area contributed by atoms with Gasteiger partial charge in [-0.3, -0.25) is 4.79 Å². The predicted octanol–water partition coefficient (Wildman–Crippen LogP) is 4.35. The van der Waals surface area contributed by atoms with Crippen molar-refractivity contribution in [2.24, 2.45) is 16.7 Å². The molecule has 0 radical (unpaired) electrons. The standard InChI is InChI=1S/C17H20OS/c1-16(2)12-9-10-17(16,3)15(18)13(12)14(19)11-7-5-4-6-8-11/h4-8,12,19H,9-10H2,1-3H3. The monoisotopic (exact) mass is 272 g/mol. The van der Waals surface area contributed by atoms with Crippen LogP contribution in [-0.2, 0) is 4.79 Å². The number of carbonyl (C=O) groups excluding carboxylic acids is 1. The van der Waals surface area contributed by atoms with E-state index in [0.29, 0.717) is 11.7 Å². The van der Waals surface area contributed by atoms with Crippen LogP contribution >= 0.6 is 12.6 Å². The van der Waals surface area contributed by atoms with Crippen LogP contribution in [0.15, 0.2) is 35.9 Å². The fraction of sp³-hybridized carbons (Fsp3) is 0.471. The van der Waals surface area contributed by atoms with Crippen molar-refractivity contribution in [2.75, 3.05) is 0 Å². The molecular weight excluding hydrogens is 252 g/mol. The Balaban J connectivity index is 2.16. The highest BCUT2D eigenvalue weighted by molar-refractivity contribution is 7.90. The summed E-state index contributed by atoms with van der Waals surface area (Å²) in [6.45, 7) is 6.61. The maximum Gasteiger partial charge on any atom is 0.166 e. The minimum absolute atomic E-state index is 0.0577. The molecule has 2 saturated carbocycles. The minimum Gasteiger partial charge on any atom is -0.294 e. The van der Waals surface area contributed by atoms with Crippen molar-refractivity contribution in [3.8, 4) is 0 Å².